The van der Waals surface area contributed by atoms with Crippen molar-refractivity contribution in [3.05, 3.63) is 68.7 Å². The molecule has 3 rings (SSSR count). The van der Waals surface area contributed by atoms with E-state index in [1.807, 2.05) is 17.5 Å². The van der Waals surface area contributed by atoms with Crippen molar-refractivity contribution in [3.63, 3.8) is 0 Å². The number of thiophene rings is 1. The van der Waals surface area contributed by atoms with Crippen LogP contribution < -0.4 is 10.6 Å². The Kier molecular flexibility index (Phi) is 6.12. The van der Waals surface area contributed by atoms with Crippen molar-refractivity contribution < 1.29 is 14.5 Å². The van der Waals surface area contributed by atoms with Crippen molar-refractivity contribution in [1.29, 1.82) is 0 Å². The minimum Gasteiger partial charge on any atom is -0.465 e. The molecular formula is C18H17N5O4S. The zero-order valence-electron chi connectivity index (χ0n) is 14.9. The Labute approximate surface area is 164 Å². The van der Waals surface area contributed by atoms with Gasteiger partial charge in [-0.15, -0.1) is 11.3 Å². The first kappa shape index (κ1) is 19.2. The number of rotatable bonds is 8. The maximum Gasteiger partial charge on any atom is 0.353 e. The van der Waals surface area contributed by atoms with Gasteiger partial charge < -0.3 is 15.4 Å². The van der Waals surface area contributed by atoms with E-state index in [4.69, 9.17) is 0 Å². The topological polar surface area (TPSA) is 119 Å². The normalized spacial score (nSPS) is 10.3. The number of benzene rings is 1. The summed E-state index contributed by atoms with van der Waals surface area (Å²) in [5.74, 6) is -0.258. The highest BCUT2D eigenvalue weighted by atomic mass is 32.1. The molecule has 0 unspecified atom stereocenters. The van der Waals surface area contributed by atoms with Gasteiger partial charge in [0.15, 0.2) is 0 Å². The molecule has 0 atom stereocenters. The fraction of sp³-hybridized carbons (Fsp3) is 0.167. The molecule has 28 heavy (non-hydrogen) atoms. The highest BCUT2D eigenvalue weighted by Crippen LogP contribution is 2.31. The van der Waals surface area contributed by atoms with Crippen LogP contribution in [0.5, 0.6) is 0 Å². The second-order valence-corrected chi connectivity index (χ2v) is 6.66. The summed E-state index contributed by atoms with van der Waals surface area (Å²) in [5, 5.41) is 19.5. The molecule has 144 valence electrons. The first-order valence-corrected chi connectivity index (χ1v) is 9.17. The molecule has 0 radical (unpaired) electrons. The minimum atomic E-state index is -0.529. The van der Waals surface area contributed by atoms with Gasteiger partial charge in [0.1, 0.15) is 6.33 Å². The largest absolute Gasteiger partial charge is 0.465 e. The van der Waals surface area contributed by atoms with E-state index < -0.39 is 10.9 Å². The van der Waals surface area contributed by atoms with Crippen LogP contribution in [0.25, 0.3) is 0 Å². The van der Waals surface area contributed by atoms with E-state index in [0.717, 1.165) is 6.42 Å². The van der Waals surface area contributed by atoms with Crippen molar-refractivity contribution in [1.82, 2.24) is 9.97 Å². The second kappa shape index (κ2) is 8.91. The molecule has 0 aliphatic carbocycles. The Balaban J connectivity index is 1.76. The number of carbonyl (C=O) groups excluding carboxylic acids is 1. The minimum absolute atomic E-state index is 0.0597. The third kappa shape index (κ3) is 4.60. The number of nitro groups is 1. The molecule has 0 saturated carbocycles. The van der Waals surface area contributed by atoms with E-state index >= 15 is 0 Å². The lowest BCUT2D eigenvalue weighted by atomic mass is 10.2. The molecule has 0 bridgehead atoms. The van der Waals surface area contributed by atoms with E-state index in [-0.39, 0.29) is 17.3 Å². The summed E-state index contributed by atoms with van der Waals surface area (Å²) in [6.07, 6.45) is 1.99. The van der Waals surface area contributed by atoms with E-state index in [1.54, 1.807) is 35.6 Å². The Hall–Kier alpha value is -3.53. The van der Waals surface area contributed by atoms with Crippen LogP contribution in [0.2, 0.25) is 0 Å². The van der Waals surface area contributed by atoms with Gasteiger partial charge in [-0.25, -0.2) is 14.8 Å². The van der Waals surface area contributed by atoms with Crippen molar-refractivity contribution in [2.45, 2.75) is 6.42 Å². The first-order valence-electron chi connectivity index (χ1n) is 8.29. The van der Waals surface area contributed by atoms with Crippen LogP contribution in [0.1, 0.15) is 15.2 Å². The highest BCUT2D eigenvalue weighted by molar-refractivity contribution is 7.09. The molecule has 0 fully saturated rings. The summed E-state index contributed by atoms with van der Waals surface area (Å²) in [7, 11) is 1.30. The van der Waals surface area contributed by atoms with E-state index in [0.29, 0.717) is 17.8 Å². The summed E-state index contributed by atoms with van der Waals surface area (Å²) >= 11 is 1.63. The van der Waals surface area contributed by atoms with Crippen LogP contribution in [0, 0.1) is 10.1 Å². The van der Waals surface area contributed by atoms with Gasteiger partial charge in [0, 0.05) is 17.1 Å². The van der Waals surface area contributed by atoms with Crippen LogP contribution in [0.4, 0.5) is 23.0 Å². The maximum atomic E-state index is 11.6. The van der Waals surface area contributed by atoms with Crippen molar-refractivity contribution in [2.75, 3.05) is 24.3 Å². The molecular weight excluding hydrogens is 382 g/mol. The summed E-state index contributed by atoms with van der Waals surface area (Å²) in [5.41, 5.74) is 0.672. The number of nitrogens with one attached hydrogen (secondary N) is 2. The van der Waals surface area contributed by atoms with Gasteiger partial charge in [-0.1, -0.05) is 6.07 Å². The Morgan fingerprint density at radius 1 is 1.21 bits per heavy atom. The van der Waals surface area contributed by atoms with Crippen LogP contribution in [0.15, 0.2) is 48.1 Å². The zero-order chi connectivity index (χ0) is 19.9. The number of hydrogen-bond donors (Lipinski definition) is 2. The number of carbonyl (C=O) groups is 1. The van der Waals surface area contributed by atoms with Gasteiger partial charge >= 0.3 is 11.7 Å². The highest BCUT2D eigenvalue weighted by Gasteiger charge is 2.23. The molecule has 9 nitrogen and oxygen atoms in total. The molecule has 0 aliphatic heterocycles. The fourth-order valence-corrected chi connectivity index (χ4v) is 3.18. The number of ether oxygens (including phenoxy) is 1. The average Bonchev–Trinajstić information content (AvgIpc) is 3.21. The second-order valence-electron chi connectivity index (χ2n) is 5.63. The lowest BCUT2D eigenvalue weighted by molar-refractivity contribution is -0.383. The standard InChI is InChI=1S/C18H17N5O4S/c1-27-18(24)12-4-6-13(7-5-12)22-17-15(23(25)26)16(20-11-21-17)19-9-8-14-3-2-10-28-14/h2-7,10-11H,8-9H2,1H3,(H2,19,20,21,22). The van der Waals surface area contributed by atoms with Crippen LogP contribution in [0.3, 0.4) is 0 Å². The lowest BCUT2D eigenvalue weighted by Crippen LogP contribution is -2.10. The lowest BCUT2D eigenvalue weighted by Gasteiger charge is -2.10. The predicted molar refractivity (Wildman–Crippen MR) is 106 cm³/mol. The van der Waals surface area contributed by atoms with Crippen LogP contribution in [-0.2, 0) is 11.2 Å². The van der Waals surface area contributed by atoms with Crippen LogP contribution >= 0.6 is 11.3 Å². The molecule has 1 aromatic carbocycles. The summed E-state index contributed by atoms with van der Waals surface area (Å²) in [4.78, 5) is 31.7. The quantitative estimate of drug-likeness (QED) is 0.335. The zero-order valence-corrected chi connectivity index (χ0v) is 15.7. The SMILES string of the molecule is COC(=O)c1ccc(Nc2ncnc(NCCc3cccs3)c2[N+](=O)[O-])cc1. The first-order chi connectivity index (χ1) is 13.6. The molecule has 3 aromatic rings. The Morgan fingerprint density at radius 3 is 2.61 bits per heavy atom. The monoisotopic (exact) mass is 399 g/mol. The van der Waals surface area contributed by atoms with E-state index in [1.165, 1.54) is 18.3 Å². The molecule has 0 aliphatic rings. The van der Waals surface area contributed by atoms with Crippen LogP contribution in [-0.4, -0.2) is 34.5 Å². The number of esters is 1. The Morgan fingerprint density at radius 2 is 1.96 bits per heavy atom. The average molecular weight is 399 g/mol. The molecule has 0 amide bonds. The summed E-state index contributed by atoms with van der Waals surface area (Å²) in [6.45, 7) is 0.506. The summed E-state index contributed by atoms with van der Waals surface area (Å²) < 4.78 is 4.65. The number of methoxy groups -OCH3 is 1. The molecule has 0 saturated heterocycles. The van der Waals surface area contributed by atoms with Crippen molar-refractivity contribution >= 4 is 40.3 Å². The molecule has 2 aromatic heterocycles. The van der Waals surface area contributed by atoms with Gasteiger partial charge in [-0.3, -0.25) is 10.1 Å². The third-order valence-electron chi connectivity index (χ3n) is 3.82. The number of aromatic nitrogens is 2. The smallest absolute Gasteiger partial charge is 0.353 e. The van der Waals surface area contributed by atoms with E-state index in [2.05, 4.69) is 25.3 Å². The van der Waals surface area contributed by atoms with Crippen molar-refractivity contribution in [2.24, 2.45) is 0 Å². The molecule has 10 heteroatoms. The molecule has 2 N–H and O–H groups in total. The van der Waals surface area contributed by atoms with Gasteiger partial charge in [-0.05, 0) is 42.1 Å². The van der Waals surface area contributed by atoms with Gasteiger partial charge in [0.05, 0.1) is 17.6 Å². The third-order valence-corrected chi connectivity index (χ3v) is 4.75. The number of anilines is 3. The summed E-state index contributed by atoms with van der Waals surface area (Å²) in [6, 6.07) is 10.3. The predicted octanol–water partition coefficient (Wildman–Crippen LogP) is 3.63. The molecule has 2 heterocycles. The van der Waals surface area contributed by atoms with Crippen molar-refractivity contribution in [3.8, 4) is 0 Å². The molecule has 0 spiro atoms. The van der Waals surface area contributed by atoms with Gasteiger partial charge in [-0.2, -0.15) is 0 Å². The maximum absolute atomic E-state index is 11.6. The van der Waals surface area contributed by atoms with E-state index in [9.17, 15) is 14.9 Å². The fourth-order valence-electron chi connectivity index (χ4n) is 2.48. The van der Waals surface area contributed by atoms with Gasteiger partial charge in [0.25, 0.3) is 0 Å². The number of hydrogen-bond acceptors (Lipinski definition) is 9. The Bertz CT molecular complexity index is 961. The number of nitrogens with zero attached hydrogens (tertiary/aromatic N) is 3. The van der Waals surface area contributed by atoms with Gasteiger partial charge in [0.2, 0.25) is 11.6 Å².